The minimum atomic E-state index is -1.58. The van der Waals surface area contributed by atoms with Gasteiger partial charge in [0.15, 0.2) is 17.5 Å². The van der Waals surface area contributed by atoms with Crippen molar-refractivity contribution in [2.24, 2.45) is 0 Å². The Labute approximate surface area is 112 Å². The lowest BCUT2D eigenvalue weighted by molar-refractivity contribution is 0.206. The van der Waals surface area contributed by atoms with Gasteiger partial charge in [-0.1, -0.05) is 11.6 Å². The molecule has 2 rings (SSSR count). The molecule has 1 aromatic carbocycles. The Bertz CT molecular complexity index is 592. The predicted molar refractivity (Wildman–Crippen MR) is 63.3 cm³/mol. The van der Waals surface area contributed by atoms with Gasteiger partial charge in [0.05, 0.1) is 16.9 Å². The number of hydrogen-bond acceptors (Lipinski definition) is 2. The van der Waals surface area contributed by atoms with Crippen LogP contribution in [0.15, 0.2) is 18.3 Å². The Morgan fingerprint density at radius 1 is 1.32 bits per heavy atom. The van der Waals surface area contributed by atoms with Crippen LogP contribution >= 0.6 is 11.6 Å². The number of nitrogens with zero attached hydrogens (tertiary/aromatic N) is 2. The highest BCUT2D eigenvalue weighted by Crippen LogP contribution is 2.29. The molecule has 1 heterocycles. The van der Waals surface area contributed by atoms with Crippen molar-refractivity contribution in [3.63, 3.8) is 0 Å². The van der Waals surface area contributed by atoms with E-state index >= 15 is 0 Å². The number of aliphatic hydroxyl groups is 1. The third kappa shape index (κ3) is 2.46. The Kier molecular flexibility index (Phi) is 3.82. The van der Waals surface area contributed by atoms with Crippen LogP contribution < -0.4 is 0 Å². The minimum absolute atomic E-state index is 0.131. The van der Waals surface area contributed by atoms with E-state index in [-0.39, 0.29) is 16.3 Å². The molecule has 102 valence electrons. The summed E-state index contributed by atoms with van der Waals surface area (Å²) in [5.74, 6) is -4.31. The van der Waals surface area contributed by atoms with Crippen LogP contribution in [-0.2, 0) is 6.54 Å². The van der Waals surface area contributed by atoms with Gasteiger partial charge in [-0.25, -0.2) is 13.2 Å². The molecule has 1 unspecified atom stereocenters. The molecule has 0 aliphatic heterocycles. The molecular weight excluding hydrogens is 281 g/mol. The van der Waals surface area contributed by atoms with Crippen molar-refractivity contribution in [3.8, 4) is 0 Å². The van der Waals surface area contributed by atoms with Crippen LogP contribution in [-0.4, -0.2) is 14.9 Å². The van der Waals surface area contributed by atoms with Gasteiger partial charge in [0.25, 0.3) is 0 Å². The maximum Gasteiger partial charge on any atom is 0.194 e. The highest BCUT2D eigenvalue weighted by atomic mass is 35.5. The summed E-state index contributed by atoms with van der Waals surface area (Å²) in [5, 5.41) is 14.2. The lowest BCUT2D eigenvalue weighted by Gasteiger charge is -2.14. The maximum atomic E-state index is 13.1. The average molecular weight is 291 g/mol. The fourth-order valence-corrected chi connectivity index (χ4v) is 2.03. The maximum absolute atomic E-state index is 13.1. The number of halogens is 4. The molecule has 0 saturated heterocycles. The Hall–Kier alpha value is -1.53. The molecule has 0 saturated carbocycles. The molecule has 1 aromatic heterocycles. The molecule has 0 aliphatic rings. The normalized spacial score (nSPS) is 12.7. The molecule has 0 amide bonds. The highest BCUT2D eigenvalue weighted by molar-refractivity contribution is 6.31. The SMILES string of the molecule is CCn1ncc(Cl)c1C(O)c1cc(F)c(F)c(F)c1. The van der Waals surface area contributed by atoms with Gasteiger partial charge < -0.3 is 5.11 Å². The van der Waals surface area contributed by atoms with Crippen LogP contribution in [0.1, 0.15) is 24.3 Å². The molecule has 0 spiro atoms. The van der Waals surface area contributed by atoms with Crippen LogP contribution in [0.5, 0.6) is 0 Å². The summed E-state index contributed by atoms with van der Waals surface area (Å²) in [6, 6.07) is 1.46. The Balaban J connectivity index is 2.49. The van der Waals surface area contributed by atoms with Crippen molar-refractivity contribution in [3.05, 3.63) is 52.1 Å². The zero-order valence-corrected chi connectivity index (χ0v) is 10.6. The van der Waals surface area contributed by atoms with E-state index in [2.05, 4.69) is 5.10 Å². The van der Waals surface area contributed by atoms with Gasteiger partial charge in [-0.3, -0.25) is 4.68 Å². The number of aryl methyl sites for hydroxylation is 1. The Morgan fingerprint density at radius 3 is 2.42 bits per heavy atom. The van der Waals surface area contributed by atoms with Crippen LogP contribution in [0, 0.1) is 17.5 Å². The van der Waals surface area contributed by atoms with E-state index in [1.807, 2.05) is 0 Å². The second-order valence-corrected chi connectivity index (χ2v) is 4.30. The molecule has 19 heavy (non-hydrogen) atoms. The monoisotopic (exact) mass is 290 g/mol. The van der Waals surface area contributed by atoms with E-state index in [0.717, 1.165) is 12.1 Å². The van der Waals surface area contributed by atoms with Crippen LogP contribution in [0.2, 0.25) is 5.02 Å². The van der Waals surface area contributed by atoms with Crippen LogP contribution in [0.4, 0.5) is 13.2 Å². The molecular formula is C12H10ClF3N2O. The molecule has 0 radical (unpaired) electrons. The van der Waals surface area contributed by atoms with Gasteiger partial charge in [-0.15, -0.1) is 0 Å². The lowest BCUT2D eigenvalue weighted by Crippen LogP contribution is -2.10. The molecule has 1 atom stereocenters. The van der Waals surface area contributed by atoms with Crippen LogP contribution in [0.25, 0.3) is 0 Å². The van der Waals surface area contributed by atoms with Crippen molar-refractivity contribution in [1.82, 2.24) is 9.78 Å². The van der Waals surface area contributed by atoms with Gasteiger partial charge in [0.1, 0.15) is 6.10 Å². The van der Waals surface area contributed by atoms with E-state index in [0.29, 0.717) is 6.54 Å². The molecule has 7 heteroatoms. The molecule has 0 bridgehead atoms. The number of hydrogen-bond donors (Lipinski definition) is 1. The third-order valence-electron chi connectivity index (χ3n) is 2.71. The van der Waals surface area contributed by atoms with E-state index in [1.54, 1.807) is 6.92 Å². The summed E-state index contributed by atoms with van der Waals surface area (Å²) < 4.78 is 40.5. The van der Waals surface area contributed by atoms with Crippen molar-refractivity contribution >= 4 is 11.6 Å². The first-order valence-corrected chi connectivity index (χ1v) is 5.87. The second-order valence-electron chi connectivity index (χ2n) is 3.89. The third-order valence-corrected chi connectivity index (χ3v) is 3.00. The van der Waals surface area contributed by atoms with Gasteiger partial charge in [0, 0.05) is 6.54 Å². The summed E-state index contributed by atoms with van der Waals surface area (Å²) in [6.07, 6.45) is -0.0700. The van der Waals surface area contributed by atoms with E-state index < -0.39 is 23.6 Å². The van der Waals surface area contributed by atoms with Gasteiger partial charge in [-0.2, -0.15) is 5.10 Å². The van der Waals surface area contributed by atoms with E-state index in [1.165, 1.54) is 10.9 Å². The van der Waals surface area contributed by atoms with Crippen LogP contribution in [0.3, 0.4) is 0 Å². The minimum Gasteiger partial charge on any atom is -0.382 e. The molecule has 0 aliphatic carbocycles. The first-order chi connectivity index (χ1) is 8.95. The summed E-state index contributed by atoms with van der Waals surface area (Å²) in [5.41, 5.74) is 0.0723. The summed E-state index contributed by atoms with van der Waals surface area (Å²) >= 11 is 5.87. The number of rotatable bonds is 3. The second kappa shape index (κ2) is 5.22. The number of aromatic nitrogens is 2. The smallest absolute Gasteiger partial charge is 0.194 e. The molecule has 1 N–H and O–H groups in total. The van der Waals surface area contributed by atoms with E-state index in [9.17, 15) is 18.3 Å². The topological polar surface area (TPSA) is 38.0 Å². The quantitative estimate of drug-likeness (QED) is 0.882. The lowest BCUT2D eigenvalue weighted by atomic mass is 10.1. The predicted octanol–water partition coefficient (Wildman–Crippen LogP) is 3.06. The van der Waals surface area contributed by atoms with Gasteiger partial charge in [-0.05, 0) is 24.6 Å². The highest BCUT2D eigenvalue weighted by Gasteiger charge is 2.22. The van der Waals surface area contributed by atoms with Gasteiger partial charge in [0.2, 0.25) is 0 Å². The summed E-state index contributed by atoms with van der Waals surface area (Å²) in [4.78, 5) is 0. The fraction of sp³-hybridized carbons (Fsp3) is 0.250. The number of aliphatic hydroxyl groups excluding tert-OH is 1. The summed E-state index contributed by atoms with van der Waals surface area (Å²) in [6.45, 7) is 2.19. The molecule has 0 fully saturated rings. The van der Waals surface area contributed by atoms with Crippen molar-refractivity contribution in [1.29, 1.82) is 0 Å². The first-order valence-electron chi connectivity index (χ1n) is 5.49. The Morgan fingerprint density at radius 2 is 1.89 bits per heavy atom. The van der Waals surface area contributed by atoms with Crippen molar-refractivity contribution < 1.29 is 18.3 Å². The van der Waals surface area contributed by atoms with E-state index in [4.69, 9.17) is 11.6 Å². The molecule has 2 aromatic rings. The van der Waals surface area contributed by atoms with Crippen molar-refractivity contribution in [2.75, 3.05) is 0 Å². The largest absolute Gasteiger partial charge is 0.382 e. The fourth-order valence-electron chi connectivity index (χ4n) is 1.79. The summed E-state index contributed by atoms with van der Waals surface area (Å²) in [7, 11) is 0. The average Bonchev–Trinajstić information content (AvgIpc) is 2.75. The van der Waals surface area contributed by atoms with Crippen molar-refractivity contribution in [2.45, 2.75) is 19.6 Å². The molecule has 3 nitrogen and oxygen atoms in total. The standard InChI is InChI=1S/C12H10ClF3N2O/c1-2-18-11(7(13)5-17-18)12(19)6-3-8(14)10(16)9(15)4-6/h3-5,12,19H,2H2,1H3. The number of benzene rings is 1. The zero-order chi connectivity index (χ0) is 14.2. The first kappa shape index (κ1) is 13.9. The van der Waals surface area contributed by atoms with Gasteiger partial charge >= 0.3 is 0 Å². The zero-order valence-electron chi connectivity index (χ0n) is 9.87.